The Kier molecular flexibility index (Phi) is 6.92. The molecule has 3 aromatic rings. The van der Waals surface area contributed by atoms with Crippen LogP contribution in [-0.4, -0.2) is 9.97 Å². The number of aryl methyl sites for hydroxylation is 1. The second-order valence-electron chi connectivity index (χ2n) is 9.25. The normalized spacial score (nSPS) is 15.8. The van der Waals surface area contributed by atoms with Gasteiger partial charge in [-0.2, -0.15) is 0 Å². The van der Waals surface area contributed by atoms with E-state index in [1.807, 2.05) is 12.3 Å². The van der Waals surface area contributed by atoms with Gasteiger partial charge >= 0.3 is 0 Å². The van der Waals surface area contributed by atoms with Crippen molar-refractivity contribution in [1.82, 2.24) is 15.3 Å². The summed E-state index contributed by atoms with van der Waals surface area (Å²) in [5.74, 6) is 1.47. The fourth-order valence-electron chi connectivity index (χ4n) is 4.99. The second-order valence-corrected chi connectivity index (χ2v) is 9.25. The van der Waals surface area contributed by atoms with E-state index in [0.717, 1.165) is 30.5 Å². The summed E-state index contributed by atoms with van der Waals surface area (Å²) < 4.78 is 0. The van der Waals surface area contributed by atoms with Crippen LogP contribution in [0.15, 0.2) is 43.2 Å². The molecule has 1 aliphatic carbocycles. The van der Waals surface area contributed by atoms with Crippen LogP contribution in [-0.2, 0) is 6.54 Å². The summed E-state index contributed by atoms with van der Waals surface area (Å²) in [6, 6.07) is 9.30. The van der Waals surface area contributed by atoms with E-state index in [1.54, 1.807) is 5.56 Å². The van der Waals surface area contributed by atoms with E-state index in [4.69, 9.17) is 0 Å². The molecule has 2 atom stereocenters. The molecule has 2 N–H and O–H groups in total. The number of nitrogens with one attached hydrogen (secondary N) is 2. The van der Waals surface area contributed by atoms with E-state index in [0.29, 0.717) is 6.04 Å². The molecule has 1 aromatic carbocycles. The highest BCUT2D eigenvalue weighted by molar-refractivity contribution is 5.87. The van der Waals surface area contributed by atoms with Crippen LogP contribution in [0.2, 0.25) is 0 Å². The van der Waals surface area contributed by atoms with Crippen molar-refractivity contribution in [2.45, 2.75) is 77.8 Å². The Balaban J connectivity index is 1.62. The first-order valence-corrected chi connectivity index (χ1v) is 12.1. The maximum absolute atomic E-state index is 4.60. The van der Waals surface area contributed by atoms with E-state index in [1.165, 1.54) is 59.7 Å². The molecule has 0 radical (unpaired) electrons. The molecule has 31 heavy (non-hydrogen) atoms. The Morgan fingerprint density at radius 2 is 2.10 bits per heavy atom. The number of aromatic amines is 1. The van der Waals surface area contributed by atoms with Gasteiger partial charge in [-0.05, 0) is 78.5 Å². The number of pyridine rings is 1. The van der Waals surface area contributed by atoms with Crippen molar-refractivity contribution in [2.24, 2.45) is 5.92 Å². The van der Waals surface area contributed by atoms with Crippen LogP contribution in [0, 0.1) is 12.8 Å². The Bertz CT molecular complexity index is 1010. The lowest BCUT2D eigenvalue weighted by molar-refractivity contribution is 0.357. The summed E-state index contributed by atoms with van der Waals surface area (Å²) in [6.45, 7) is 11.6. The van der Waals surface area contributed by atoms with Gasteiger partial charge in [0.15, 0.2) is 0 Å². The average Bonchev–Trinajstić information content (AvgIpc) is 3.52. The van der Waals surface area contributed by atoms with Crippen molar-refractivity contribution in [1.29, 1.82) is 0 Å². The summed E-state index contributed by atoms with van der Waals surface area (Å²) in [5.41, 5.74) is 7.90. The molecule has 4 rings (SSSR count). The van der Waals surface area contributed by atoms with Gasteiger partial charge in [0.25, 0.3) is 0 Å². The van der Waals surface area contributed by atoms with Gasteiger partial charge < -0.3 is 10.3 Å². The second kappa shape index (κ2) is 9.82. The van der Waals surface area contributed by atoms with Crippen LogP contribution in [0.4, 0.5) is 0 Å². The average molecular weight is 416 g/mol. The monoisotopic (exact) mass is 415 g/mol. The minimum Gasteiger partial charge on any atom is -0.361 e. The van der Waals surface area contributed by atoms with Gasteiger partial charge in [0.05, 0.1) is 5.69 Å². The molecular weight excluding hydrogens is 378 g/mol. The zero-order valence-corrected chi connectivity index (χ0v) is 19.4. The summed E-state index contributed by atoms with van der Waals surface area (Å²) >= 11 is 0. The van der Waals surface area contributed by atoms with Gasteiger partial charge in [-0.25, -0.2) is 0 Å². The molecule has 0 spiro atoms. The Morgan fingerprint density at radius 3 is 2.74 bits per heavy atom. The minimum absolute atomic E-state index is 0.310. The summed E-state index contributed by atoms with van der Waals surface area (Å²) in [4.78, 5) is 8.06. The lowest BCUT2D eigenvalue weighted by Gasteiger charge is -2.25. The van der Waals surface area contributed by atoms with E-state index in [2.05, 4.69) is 73.1 Å². The Morgan fingerprint density at radius 1 is 1.26 bits per heavy atom. The topological polar surface area (TPSA) is 40.7 Å². The van der Waals surface area contributed by atoms with Crippen LogP contribution in [0.25, 0.3) is 17.0 Å². The van der Waals surface area contributed by atoms with Crippen molar-refractivity contribution in [2.75, 3.05) is 0 Å². The van der Waals surface area contributed by atoms with Crippen molar-refractivity contribution < 1.29 is 0 Å². The van der Waals surface area contributed by atoms with Crippen molar-refractivity contribution in [3.8, 4) is 0 Å². The van der Waals surface area contributed by atoms with Gasteiger partial charge in [-0.15, -0.1) is 0 Å². The summed E-state index contributed by atoms with van der Waals surface area (Å²) in [5, 5.41) is 5.34. The first kappa shape index (κ1) is 21.8. The highest BCUT2D eigenvalue weighted by atomic mass is 14.9. The lowest BCUT2D eigenvalue weighted by Crippen LogP contribution is -2.24. The molecule has 0 saturated heterocycles. The maximum Gasteiger partial charge on any atom is 0.0623 e. The van der Waals surface area contributed by atoms with Crippen LogP contribution in [0.1, 0.15) is 92.3 Å². The van der Waals surface area contributed by atoms with Gasteiger partial charge in [0, 0.05) is 35.9 Å². The van der Waals surface area contributed by atoms with Crippen molar-refractivity contribution in [3.05, 3.63) is 71.2 Å². The number of nitrogens with zero attached hydrogens (tertiary/aromatic N) is 1. The smallest absolute Gasteiger partial charge is 0.0623 e. The first-order chi connectivity index (χ1) is 15.1. The number of hydrogen-bond donors (Lipinski definition) is 2. The fourth-order valence-corrected chi connectivity index (χ4v) is 4.99. The Labute approximate surface area is 187 Å². The molecular formula is C28H37N3. The predicted molar refractivity (Wildman–Crippen MR) is 132 cm³/mol. The minimum atomic E-state index is 0.310. The number of fused-ring (bicyclic) bond motifs is 1. The SMILES string of the molecule is C=Cc1ccc(C(CC(CC)CCC)NCc2c(C3CC3)cc(C)c3[nH]ccc23)cn1. The number of benzene rings is 1. The van der Waals surface area contributed by atoms with Gasteiger partial charge in [-0.3, -0.25) is 4.98 Å². The van der Waals surface area contributed by atoms with Crippen LogP contribution in [0.5, 0.6) is 0 Å². The molecule has 3 nitrogen and oxygen atoms in total. The molecule has 1 aliphatic rings. The van der Waals surface area contributed by atoms with Crippen LogP contribution in [0.3, 0.4) is 0 Å². The molecule has 0 amide bonds. The molecule has 0 bridgehead atoms. The van der Waals surface area contributed by atoms with Gasteiger partial charge in [0.1, 0.15) is 0 Å². The third-order valence-electron chi connectivity index (χ3n) is 6.99. The van der Waals surface area contributed by atoms with E-state index < -0.39 is 0 Å². The molecule has 1 saturated carbocycles. The van der Waals surface area contributed by atoms with E-state index in [-0.39, 0.29) is 0 Å². The van der Waals surface area contributed by atoms with Crippen LogP contribution >= 0.6 is 0 Å². The van der Waals surface area contributed by atoms with E-state index in [9.17, 15) is 0 Å². The lowest BCUT2D eigenvalue weighted by atomic mass is 9.89. The highest BCUT2D eigenvalue weighted by Gasteiger charge is 2.28. The largest absolute Gasteiger partial charge is 0.361 e. The van der Waals surface area contributed by atoms with E-state index >= 15 is 0 Å². The molecule has 0 aliphatic heterocycles. The quantitative estimate of drug-likeness (QED) is 0.342. The molecule has 2 unspecified atom stereocenters. The predicted octanol–water partition coefficient (Wildman–Crippen LogP) is 7.44. The summed E-state index contributed by atoms with van der Waals surface area (Å²) in [6.07, 6.45) is 13.5. The van der Waals surface area contributed by atoms with Crippen molar-refractivity contribution >= 4 is 17.0 Å². The molecule has 164 valence electrons. The molecule has 1 fully saturated rings. The molecule has 2 heterocycles. The number of rotatable bonds is 11. The summed E-state index contributed by atoms with van der Waals surface area (Å²) in [7, 11) is 0. The third-order valence-corrected chi connectivity index (χ3v) is 6.99. The Hall–Kier alpha value is -2.39. The van der Waals surface area contributed by atoms with Gasteiger partial charge in [-0.1, -0.05) is 51.8 Å². The zero-order valence-electron chi connectivity index (χ0n) is 19.4. The number of hydrogen-bond acceptors (Lipinski definition) is 2. The first-order valence-electron chi connectivity index (χ1n) is 12.1. The molecule has 2 aromatic heterocycles. The standard InChI is InChI=1S/C28H37N3/c1-5-8-20(6-2)16-27(22-11-12-23(7-3)30-17-22)31-18-26-24-13-14-29-28(24)19(4)15-25(26)21-9-10-21/h7,11-15,17,20-21,27,29,31H,3,5-6,8-10,16,18H2,1-2,4H3. The number of H-pyrrole nitrogens is 1. The number of aromatic nitrogens is 2. The van der Waals surface area contributed by atoms with Crippen LogP contribution < -0.4 is 5.32 Å². The van der Waals surface area contributed by atoms with Gasteiger partial charge in [0.2, 0.25) is 0 Å². The highest BCUT2D eigenvalue weighted by Crippen LogP contribution is 2.44. The molecule has 3 heteroatoms. The van der Waals surface area contributed by atoms with Crippen molar-refractivity contribution in [3.63, 3.8) is 0 Å². The zero-order chi connectivity index (χ0) is 21.8. The fraction of sp³-hybridized carbons (Fsp3) is 0.464. The maximum atomic E-state index is 4.60. The third kappa shape index (κ3) is 4.93.